The highest BCUT2D eigenvalue weighted by molar-refractivity contribution is 5.90. The summed E-state index contributed by atoms with van der Waals surface area (Å²) in [5.74, 6) is -1.01. The SMILES string of the molecule is CC(C)(C)O.Cc1ccc(-c2c(CC(=O)O)c(C)nc(C)c2-c2ccc3c(c2)CCN(Cc2c(C)cccc2F)C3)cc1. The van der Waals surface area contributed by atoms with Crippen LogP contribution in [0.25, 0.3) is 22.3 Å². The van der Waals surface area contributed by atoms with E-state index < -0.39 is 11.6 Å². The minimum atomic E-state index is -0.867. The van der Waals surface area contributed by atoms with E-state index in [2.05, 4.69) is 47.4 Å². The second-order valence-corrected chi connectivity index (χ2v) is 12.6. The first-order valence-corrected chi connectivity index (χ1v) is 14.8. The molecule has 0 unspecified atom stereocenters. The molecule has 0 atom stereocenters. The molecule has 6 heteroatoms. The maximum Gasteiger partial charge on any atom is 0.307 e. The van der Waals surface area contributed by atoms with Crippen LogP contribution in [0.2, 0.25) is 0 Å². The first-order chi connectivity index (χ1) is 20.2. The van der Waals surface area contributed by atoms with Gasteiger partial charge in [-0.3, -0.25) is 14.7 Å². The Kier molecular flexibility index (Phi) is 9.83. The minimum Gasteiger partial charge on any atom is -0.481 e. The Morgan fingerprint density at radius 1 is 0.884 bits per heavy atom. The number of carbonyl (C=O) groups is 1. The molecule has 0 saturated heterocycles. The topological polar surface area (TPSA) is 73.7 Å². The van der Waals surface area contributed by atoms with Gasteiger partial charge in [-0.05, 0) is 99.9 Å². The van der Waals surface area contributed by atoms with Gasteiger partial charge < -0.3 is 10.2 Å². The van der Waals surface area contributed by atoms with Crippen molar-refractivity contribution in [2.75, 3.05) is 6.54 Å². The van der Waals surface area contributed by atoms with Crippen LogP contribution in [0.4, 0.5) is 4.39 Å². The van der Waals surface area contributed by atoms with Gasteiger partial charge in [-0.15, -0.1) is 0 Å². The summed E-state index contributed by atoms with van der Waals surface area (Å²) in [6.45, 7) is 15.3. The van der Waals surface area contributed by atoms with E-state index in [0.717, 1.165) is 75.4 Å². The average Bonchev–Trinajstić information content (AvgIpc) is 2.91. The van der Waals surface area contributed by atoms with Crippen LogP contribution in [0.5, 0.6) is 0 Å². The Labute approximate surface area is 255 Å². The van der Waals surface area contributed by atoms with E-state index in [4.69, 9.17) is 10.1 Å². The van der Waals surface area contributed by atoms with Gasteiger partial charge in [0.2, 0.25) is 0 Å². The molecule has 226 valence electrons. The van der Waals surface area contributed by atoms with Crippen LogP contribution >= 0.6 is 0 Å². The molecule has 0 bridgehead atoms. The van der Waals surface area contributed by atoms with Gasteiger partial charge in [0.05, 0.1) is 12.0 Å². The van der Waals surface area contributed by atoms with Crippen LogP contribution in [0.3, 0.4) is 0 Å². The number of carboxylic acid groups (broad SMARTS) is 1. The highest BCUT2D eigenvalue weighted by Gasteiger charge is 2.23. The molecule has 0 fully saturated rings. The van der Waals surface area contributed by atoms with Gasteiger partial charge in [-0.1, -0.05) is 60.2 Å². The largest absolute Gasteiger partial charge is 0.481 e. The van der Waals surface area contributed by atoms with E-state index in [1.807, 2.05) is 33.8 Å². The van der Waals surface area contributed by atoms with Gasteiger partial charge in [0.25, 0.3) is 0 Å². The number of nitrogens with zero attached hydrogens (tertiary/aromatic N) is 2. The first kappa shape index (κ1) is 32.1. The second-order valence-electron chi connectivity index (χ2n) is 12.6. The van der Waals surface area contributed by atoms with Gasteiger partial charge in [-0.2, -0.15) is 0 Å². The predicted octanol–water partition coefficient (Wildman–Crippen LogP) is 7.75. The van der Waals surface area contributed by atoms with Gasteiger partial charge in [0.1, 0.15) is 5.82 Å². The molecule has 0 amide bonds. The van der Waals surface area contributed by atoms with Crippen LogP contribution in [0.1, 0.15) is 65.5 Å². The van der Waals surface area contributed by atoms with Crippen molar-refractivity contribution in [3.63, 3.8) is 0 Å². The molecule has 5 nitrogen and oxygen atoms in total. The number of fused-ring (bicyclic) bond motifs is 1. The molecule has 2 N–H and O–H groups in total. The highest BCUT2D eigenvalue weighted by Crippen LogP contribution is 2.39. The number of aryl methyl sites for hydroxylation is 4. The summed E-state index contributed by atoms with van der Waals surface area (Å²) in [5.41, 5.74) is 11.3. The van der Waals surface area contributed by atoms with E-state index in [-0.39, 0.29) is 12.2 Å². The zero-order chi connectivity index (χ0) is 31.5. The van der Waals surface area contributed by atoms with Crippen molar-refractivity contribution < 1.29 is 19.4 Å². The molecule has 1 aliphatic rings. The standard InChI is InChI=1S/C33H33FN2O2.C4H10O/c1-20-8-10-24(11-9-20)33-28(17-31(37)38)22(3)35-23(4)32(33)26-12-13-27-18-36(15-14-25(27)16-26)19-29-21(2)6-5-7-30(29)34;1-4(2,3)5/h5-13,16H,14-15,17-19H2,1-4H3,(H,37,38);5H,1-3H3. The van der Waals surface area contributed by atoms with Crippen molar-refractivity contribution in [2.45, 2.75) is 80.0 Å². The maximum absolute atomic E-state index is 14.5. The lowest BCUT2D eigenvalue weighted by Gasteiger charge is -2.30. The Balaban J connectivity index is 0.000000782. The third kappa shape index (κ3) is 8.15. The van der Waals surface area contributed by atoms with Crippen LogP contribution in [0, 0.1) is 33.5 Å². The fourth-order valence-corrected chi connectivity index (χ4v) is 5.64. The van der Waals surface area contributed by atoms with Gasteiger partial charge in [0.15, 0.2) is 0 Å². The summed E-state index contributed by atoms with van der Waals surface area (Å²) in [5, 5.41) is 18.2. The molecule has 1 aromatic heterocycles. The molecule has 0 saturated carbocycles. The number of rotatable bonds is 6. The smallest absolute Gasteiger partial charge is 0.307 e. The summed E-state index contributed by atoms with van der Waals surface area (Å²) in [6, 6.07) is 20.1. The number of benzene rings is 3. The minimum absolute atomic E-state index is 0.0787. The Morgan fingerprint density at radius 2 is 1.53 bits per heavy atom. The van der Waals surface area contributed by atoms with Crippen molar-refractivity contribution in [3.05, 3.63) is 111 Å². The van der Waals surface area contributed by atoms with E-state index >= 15 is 0 Å². The quantitative estimate of drug-likeness (QED) is 0.243. The van der Waals surface area contributed by atoms with Crippen LogP contribution in [0.15, 0.2) is 60.7 Å². The van der Waals surface area contributed by atoms with Crippen LogP contribution in [-0.2, 0) is 30.7 Å². The molecule has 3 aromatic carbocycles. The number of aliphatic carboxylic acids is 1. The van der Waals surface area contributed by atoms with Crippen molar-refractivity contribution in [1.29, 1.82) is 0 Å². The Hall–Kier alpha value is -3.87. The zero-order valence-corrected chi connectivity index (χ0v) is 26.4. The molecule has 0 radical (unpaired) electrons. The third-order valence-corrected chi connectivity index (χ3v) is 7.68. The van der Waals surface area contributed by atoms with E-state index in [1.54, 1.807) is 26.8 Å². The van der Waals surface area contributed by atoms with Gasteiger partial charge in [-0.25, -0.2) is 4.39 Å². The Bertz CT molecular complexity index is 1590. The predicted molar refractivity (Wildman–Crippen MR) is 172 cm³/mol. The lowest BCUT2D eigenvalue weighted by molar-refractivity contribution is -0.136. The van der Waals surface area contributed by atoms with Gasteiger partial charge >= 0.3 is 5.97 Å². The monoisotopic (exact) mass is 582 g/mol. The third-order valence-electron chi connectivity index (χ3n) is 7.68. The van der Waals surface area contributed by atoms with Crippen LogP contribution < -0.4 is 0 Å². The summed E-state index contributed by atoms with van der Waals surface area (Å²) < 4.78 is 14.5. The number of aliphatic hydroxyl groups is 1. The Morgan fingerprint density at radius 3 is 2.16 bits per heavy atom. The highest BCUT2D eigenvalue weighted by atomic mass is 19.1. The van der Waals surface area contributed by atoms with E-state index in [1.165, 1.54) is 17.2 Å². The number of carboxylic acids is 1. The summed E-state index contributed by atoms with van der Waals surface area (Å²) >= 11 is 0. The summed E-state index contributed by atoms with van der Waals surface area (Å²) in [6.07, 6.45) is 0.793. The lowest BCUT2D eigenvalue weighted by atomic mass is 9.86. The molecule has 4 aromatic rings. The maximum atomic E-state index is 14.5. The van der Waals surface area contributed by atoms with E-state index in [0.29, 0.717) is 6.54 Å². The number of aromatic nitrogens is 1. The average molecular weight is 583 g/mol. The number of pyridine rings is 1. The lowest BCUT2D eigenvalue weighted by Crippen LogP contribution is -2.30. The van der Waals surface area contributed by atoms with Crippen molar-refractivity contribution >= 4 is 5.97 Å². The van der Waals surface area contributed by atoms with Crippen molar-refractivity contribution in [1.82, 2.24) is 9.88 Å². The number of halogens is 1. The first-order valence-electron chi connectivity index (χ1n) is 14.8. The number of hydrogen-bond donors (Lipinski definition) is 2. The molecule has 5 rings (SSSR count). The van der Waals surface area contributed by atoms with Crippen molar-refractivity contribution in [2.24, 2.45) is 0 Å². The normalized spacial score (nSPS) is 13.2. The molecular formula is C37H43FN2O3. The fourth-order valence-electron chi connectivity index (χ4n) is 5.64. The second kappa shape index (κ2) is 13.2. The number of hydrogen-bond acceptors (Lipinski definition) is 4. The molecule has 0 spiro atoms. The zero-order valence-electron chi connectivity index (χ0n) is 26.4. The fraction of sp³-hybridized carbons (Fsp3) is 0.351. The summed E-state index contributed by atoms with van der Waals surface area (Å²) in [4.78, 5) is 18.9. The van der Waals surface area contributed by atoms with Gasteiger partial charge in [0, 0.05) is 42.1 Å². The molecule has 1 aliphatic heterocycles. The van der Waals surface area contributed by atoms with Crippen LogP contribution in [-0.4, -0.2) is 38.2 Å². The van der Waals surface area contributed by atoms with E-state index in [9.17, 15) is 14.3 Å². The summed E-state index contributed by atoms with van der Waals surface area (Å²) in [7, 11) is 0. The molecule has 43 heavy (non-hydrogen) atoms. The molecule has 2 heterocycles. The molecular weight excluding hydrogens is 539 g/mol. The molecule has 0 aliphatic carbocycles. The van der Waals surface area contributed by atoms with Crippen molar-refractivity contribution in [3.8, 4) is 22.3 Å².